The molecule has 0 N–H and O–H groups in total. The van der Waals surface area contributed by atoms with Gasteiger partial charge < -0.3 is 9.15 Å². The highest BCUT2D eigenvalue weighted by atomic mass is 35.5. The van der Waals surface area contributed by atoms with Crippen LogP contribution in [0.1, 0.15) is 21.6 Å². The van der Waals surface area contributed by atoms with E-state index in [0.29, 0.717) is 39.1 Å². The number of nitrogens with zero attached hydrogens (tertiary/aromatic N) is 3. The molecule has 3 heterocycles. The number of ether oxygens (including phenoxy) is 1. The first-order valence-corrected chi connectivity index (χ1v) is 10.8. The Hall–Kier alpha value is -4.23. The summed E-state index contributed by atoms with van der Waals surface area (Å²) in [6, 6.07) is 19.4. The predicted octanol–water partition coefficient (Wildman–Crippen LogP) is 5.34. The van der Waals surface area contributed by atoms with Crippen molar-refractivity contribution in [1.29, 1.82) is 0 Å². The number of aryl methyl sites for hydroxylation is 1. The van der Waals surface area contributed by atoms with Gasteiger partial charge in [-0.25, -0.2) is 14.8 Å². The van der Waals surface area contributed by atoms with Crippen molar-refractivity contribution in [3.05, 3.63) is 111 Å². The van der Waals surface area contributed by atoms with E-state index >= 15 is 0 Å². The van der Waals surface area contributed by atoms with E-state index in [1.54, 1.807) is 42.6 Å². The standard InChI is InChI=1S/C26H18ClN3O4/c1-16-6-8-17(9-7-16)22-13-28-25(34-22)20-4-2-3-5-21(20)26(32)33-15-19-12-24(31)30-14-18(27)10-11-23(30)29-19/h2-14H,15H2,1H3. The normalized spacial score (nSPS) is 11.0. The third kappa shape index (κ3) is 4.33. The molecule has 0 saturated heterocycles. The van der Waals surface area contributed by atoms with Gasteiger partial charge in [0.25, 0.3) is 5.56 Å². The van der Waals surface area contributed by atoms with Crippen molar-refractivity contribution in [3.63, 3.8) is 0 Å². The van der Waals surface area contributed by atoms with Gasteiger partial charge in [0.05, 0.1) is 28.0 Å². The maximum atomic E-state index is 12.9. The molecule has 0 radical (unpaired) electrons. The number of hydrogen-bond acceptors (Lipinski definition) is 6. The van der Waals surface area contributed by atoms with Crippen LogP contribution in [0.3, 0.4) is 0 Å². The van der Waals surface area contributed by atoms with Gasteiger partial charge >= 0.3 is 5.97 Å². The molecule has 0 fully saturated rings. The molecule has 168 valence electrons. The molecular weight excluding hydrogens is 454 g/mol. The Morgan fingerprint density at radius 2 is 1.88 bits per heavy atom. The molecule has 5 rings (SSSR count). The number of fused-ring (bicyclic) bond motifs is 1. The predicted molar refractivity (Wildman–Crippen MR) is 128 cm³/mol. The molecule has 0 unspecified atom stereocenters. The SMILES string of the molecule is Cc1ccc(-c2cnc(-c3ccccc3C(=O)OCc3cc(=O)n4cc(Cl)ccc4n3)o2)cc1. The van der Waals surface area contributed by atoms with Gasteiger partial charge in [-0.1, -0.05) is 53.6 Å². The number of esters is 1. The maximum absolute atomic E-state index is 12.9. The Morgan fingerprint density at radius 1 is 1.09 bits per heavy atom. The second-order valence-electron chi connectivity index (χ2n) is 7.68. The summed E-state index contributed by atoms with van der Waals surface area (Å²) in [5.41, 5.74) is 3.25. The van der Waals surface area contributed by atoms with Gasteiger partial charge in [-0.15, -0.1) is 0 Å². The first-order chi connectivity index (χ1) is 16.5. The number of rotatable bonds is 5. The molecule has 0 atom stereocenters. The highest BCUT2D eigenvalue weighted by Crippen LogP contribution is 2.29. The monoisotopic (exact) mass is 471 g/mol. The van der Waals surface area contributed by atoms with E-state index in [9.17, 15) is 9.59 Å². The van der Waals surface area contributed by atoms with E-state index in [0.717, 1.165) is 11.1 Å². The average molecular weight is 472 g/mol. The van der Waals surface area contributed by atoms with Gasteiger partial charge in [0.15, 0.2) is 5.76 Å². The summed E-state index contributed by atoms with van der Waals surface area (Å²) >= 11 is 5.94. The lowest BCUT2D eigenvalue weighted by Gasteiger charge is -2.08. The van der Waals surface area contributed by atoms with Crippen molar-refractivity contribution in [2.75, 3.05) is 0 Å². The molecule has 5 aromatic rings. The van der Waals surface area contributed by atoms with Crippen LogP contribution in [0.15, 0.2) is 88.3 Å². The van der Waals surface area contributed by atoms with Crippen LogP contribution in [0.25, 0.3) is 28.4 Å². The Balaban J connectivity index is 1.38. The van der Waals surface area contributed by atoms with E-state index in [1.807, 2.05) is 31.2 Å². The zero-order valence-corrected chi connectivity index (χ0v) is 18.8. The summed E-state index contributed by atoms with van der Waals surface area (Å²) in [6.45, 7) is 1.85. The summed E-state index contributed by atoms with van der Waals surface area (Å²) in [6.07, 6.45) is 3.11. The van der Waals surface area contributed by atoms with E-state index in [1.165, 1.54) is 16.7 Å². The molecule has 2 aromatic carbocycles. The number of aromatic nitrogens is 3. The zero-order chi connectivity index (χ0) is 23.7. The number of pyridine rings is 1. The number of halogens is 1. The highest BCUT2D eigenvalue weighted by molar-refractivity contribution is 6.30. The molecular formula is C26H18ClN3O4. The molecule has 0 saturated carbocycles. The van der Waals surface area contributed by atoms with Crippen molar-refractivity contribution in [1.82, 2.24) is 14.4 Å². The molecule has 0 aliphatic heterocycles. The lowest BCUT2D eigenvalue weighted by Crippen LogP contribution is -2.16. The van der Waals surface area contributed by atoms with Crippen LogP contribution in [-0.2, 0) is 11.3 Å². The summed E-state index contributed by atoms with van der Waals surface area (Å²) < 4.78 is 12.7. The molecule has 0 aliphatic rings. The quantitative estimate of drug-likeness (QED) is 0.322. The van der Waals surface area contributed by atoms with Gasteiger partial charge in [0.2, 0.25) is 5.89 Å². The van der Waals surface area contributed by atoms with Crippen LogP contribution in [0.4, 0.5) is 0 Å². The molecule has 0 spiro atoms. The van der Waals surface area contributed by atoms with Gasteiger partial charge in [0.1, 0.15) is 12.3 Å². The first kappa shape index (κ1) is 21.6. The third-order valence-electron chi connectivity index (χ3n) is 5.25. The van der Waals surface area contributed by atoms with Crippen molar-refractivity contribution < 1.29 is 13.9 Å². The number of carbonyl (C=O) groups excluding carboxylic acids is 1. The van der Waals surface area contributed by atoms with Crippen LogP contribution < -0.4 is 5.56 Å². The van der Waals surface area contributed by atoms with Crippen molar-refractivity contribution in [2.24, 2.45) is 0 Å². The van der Waals surface area contributed by atoms with Crippen LogP contribution in [0, 0.1) is 6.92 Å². The number of carbonyl (C=O) groups is 1. The second kappa shape index (κ2) is 8.96. The molecule has 0 amide bonds. The fraction of sp³-hybridized carbons (Fsp3) is 0.0769. The highest BCUT2D eigenvalue weighted by Gasteiger charge is 2.18. The Kier molecular flexibility index (Phi) is 5.69. The van der Waals surface area contributed by atoms with Crippen molar-refractivity contribution in [3.8, 4) is 22.8 Å². The van der Waals surface area contributed by atoms with Gasteiger partial charge in [-0.2, -0.15) is 0 Å². The van der Waals surface area contributed by atoms with E-state index in [-0.39, 0.29) is 12.2 Å². The van der Waals surface area contributed by atoms with E-state index in [4.69, 9.17) is 20.8 Å². The van der Waals surface area contributed by atoms with Crippen molar-refractivity contribution >= 4 is 23.2 Å². The number of benzene rings is 2. The van der Waals surface area contributed by atoms with Gasteiger partial charge in [-0.05, 0) is 31.2 Å². The fourth-order valence-electron chi connectivity index (χ4n) is 3.51. The molecule has 34 heavy (non-hydrogen) atoms. The second-order valence-corrected chi connectivity index (χ2v) is 8.12. The maximum Gasteiger partial charge on any atom is 0.339 e. The van der Waals surface area contributed by atoms with Crippen LogP contribution in [0.5, 0.6) is 0 Å². The molecule has 3 aromatic heterocycles. The third-order valence-corrected chi connectivity index (χ3v) is 5.47. The Labute approximate surface area is 199 Å². The van der Waals surface area contributed by atoms with Crippen LogP contribution in [0.2, 0.25) is 5.02 Å². The van der Waals surface area contributed by atoms with Crippen molar-refractivity contribution in [2.45, 2.75) is 13.5 Å². The zero-order valence-electron chi connectivity index (χ0n) is 18.1. The van der Waals surface area contributed by atoms with Gasteiger partial charge in [0, 0.05) is 17.8 Å². The fourth-order valence-corrected chi connectivity index (χ4v) is 3.68. The Morgan fingerprint density at radius 3 is 2.71 bits per heavy atom. The topological polar surface area (TPSA) is 86.7 Å². The van der Waals surface area contributed by atoms with Crippen LogP contribution in [-0.4, -0.2) is 20.3 Å². The lowest BCUT2D eigenvalue weighted by atomic mass is 10.1. The van der Waals surface area contributed by atoms with Crippen LogP contribution >= 0.6 is 11.6 Å². The minimum atomic E-state index is -0.580. The first-order valence-electron chi connectivity index (χ1n) is 10.5. The van der Waals surface area contributed by atoms with Gasteiger partial charge in [-0.3, -0.25) is 9.20 Å². The lowest BCUT2D eigenvalue weighted by molar-refractivity contribution is 0.0468. The molecule has 7 nitrogen and oxygen atoms in total. The minimum absolute atomic E-state index is 0.165. The number of hydrogen-bond donors (Lipinski definition) is 0. The Bertz CT molecular complexity index is 1570. The largest absolute Gasteiger partial charge is 0.456 e. The minimum Gasteiger partial charge on any atom is -0.456 e. The molecule has 8 heteroatoms. The van der Waals surface area contributed by atoms with E-state index in [2.05, 4.69) is 9.97 Å². The van der Waals surface area contributed by atoms with E-state index < -0.39 is 5.97 Å². The molecule has 0 aliphatic carbocycles. The summed E-state index contributed by atoms with van der Waals surface area (Å²) in [5, 5.41) is 0.421. The average Bonchev–Trinajstić information content (AvgIpc) is 3.34. The molecule has 0 bridgehead atoms. The smallest absolute Gasteiger partial charge is 0.339 e. The summed E-state index contributed by atoms with van der Waals surface area (Å²) in [7, 11) is 0. The number of oxazole rings is 1. The summed E-state index contributed by atoms with van der Waals surface area (Å²) in [4.78, 5) is 34.0. The summed E-state index contributed by atoms with van der Waals surface area (Å²) in [5.74, 6) is 0.324.